The summed E-state index contributed by atoms with van der Waals surface area (Å²) in [7, 11) is 0. The van der Waals surface area contributed by atoms with Crippen LogP contribution in [0.2, 0.25) is 0 Å². The molecule has 0 spiro atoms. The molecule has 28 heavy (non-hydrogen) atoms. The Kier molecular flexibility index (Phi) is 15.3. The van der Waals surface area contributed by atoms with Gasteiger partial charge in [-0.2, -0.15) is 0 Å². The number of anilines is 1. The highest BCUT2D eigenvalue weighted by Gasteiger charge is 2.06. The minimum Gasteiger partial charge on any atom is -0.460 e. The standard InChI is InChI=1S/C23H39NO4/c1-3-5-7-8-9-10-16-26-17-18-27-19-20-28-23(25)21-11-13-22(14-12-21)24-15-6-4-2/h11-14,24H,3-10,15-20H2,1-2H3. The third-order valence-corrected chi connectivity index (χ3v) is 4.46. The Morgan fingerprint density at radius 1 is 0.750 bits per heavy atom. The van der Waals surface area contributed by atoms with Gasteiger partial charge >= 0.3 is 5.97 Å². The molecular formula is C23H39NO4. The lowest BCUT2D eigenvalue weighted by Gasteiger charge is -2.08. The average molecular weight is 394 g/mol. The van der Waals surface area contributed by atoms with E-state index in [0.29, 0.717) is 25.4 Å². The van der Waals surface area contributed by atoms with E-state index in [9.17, 15) is 4.79 Å². The molecule has 5 nitrogen and oxygen atoms in total. The molecule has 1 N–H and O–H groups in total. The van der Waals surface area contributed by atoms with Gasteiger partial charge < -0.3 is 19.5 Å². The van der Waals surface area contributed by atoms with Crippen molar-refractivity contribution in [3.8, 4) is 0 Å². The lowest BCUT2D eigenvalue weighted by Crippen LogP contribution is -2.13. The Hall–Kier alpha value is -1.59. The molecule has 0 fully saturated rings. The van der Waals surface area contributed by atoms with Crippen LogP contribution >= 0.6 is 0 Å². The Morgan fingerprint density at radius 2 is 1.36 bits per heavy atom. The molecule has 0 unspecified atom stereocenters. The molecule has 0 heterocycles. The Morgan fingerprint density at radius 3 is 2.07 bits per heavy atom. The highest BCUT2D eigenvalue weighted by molar-refractivity contribution is 5.89. The number of carbonyl (C=O) groups is 1. The number of unbranched alkanes of at least 4 members (excludes halogenated alkanes) is 6. The van der Waals surface area contributed by atoms with Crippen LogP contribution in [0.4, 0.5) is 5.69 Å². The topological polar surface area (TPSA) is 56.8 Å². The minimum absolute atomic E-state index is 0.257. The molecule has 160 valence electrons. The molecular weight excluding hydrogens is 354 g/mol. The number of carbonyl (C=O) groups excluding carboxylic acids is 1. The quantitative estimate of drug-likeness (QED) is 0.265. The Balaban J connectivity index is 1.96. The number of hydrogen-bond acceptors (Lipinski definition) is 5. The van der Waals surface area contributed by atoms with Crippen LogP contribution in [-0.2, 0) is 14.2 Å². The summed E-state index contributed by atoms with van der Waals surface area (Å²) in [5, 5.41) is 3.32. The zero-order chi connectivity index (χ0) is 20.3. The molecule has 5 heteroatoms. The van der Waals surface area contributed by atoms with E-state index in [1.165, 1.54) is 32.1 Å². The van der Waals surface area contributed by atoms with Crippen molar-refractivity contribution < 1.29 is 19.0 Å². The molecule has 0 aliphatic carbocycles. The Bertz CT molecular complexity index is 490. The fourth-order valence-electron chi connectivity index (χ4n) is 2.72. The van der Waals surface area contributed by atoms with Crippen molar-refractivity contribution in [2.45, 2.75) is 65.2 Å². The summed E-state index contributed by atoms with van der Waals surface area (Å²) in [5.41, 5.74) is 1.58. The first kappa shape index (κ1) is 24.4. The van der Waals surface area contributed by atoms with E-state index in [4.69, 9.17) is 14.2 Å². The fraction of sp³-hybridized carbons (Fsp3) is 0.696. The predicted molar refractivity (Wildman–Crippen MR) is 115 cm³/mol. The lowest BCUT2D eigenvalue weighted by molar-refractivity contribution is 0.0141. The van der Waals surface area contributed by atoms with E-state index in [1.54, 1.807) is 12.1 Å². The molecule has 0 bridgehead atoms. The van der Waals surface area contributed by atoms with Gasteiger partial charge in [0, 0.05) is 18.8 Å². The van der Waals surface area contributed by atoms with E-state index in [1.807, 2.05) is 12.1 Å². The summed E-state index contributed by atoms with van der Waals surface area (Å²) in [4.78, 5) is 12.0. The largest absolute Gasteiger partial charge is 0.460 e. The number of hydrogen-bond donors (Lipinski definition) is 1. The third-order valence-electron chi connectivity index (χ3n) is 4.46. The van der Waals surface area contributed by atoms with Crippen LogP contribution < -0.4 is 5.32 Å². The molecule has 1 aromatic carbocycles. The third kappa shape index (κ3) is 12.7. The summed E-state index contributed by atoms with van der Waals surface area (Å²) >= 11 is 0. The van der Waals surface area contributed by atoms with Crippen molar-refractivity contribution in [3.63, 3.8) is 0 Å². The van der Waals surface area contributed by atoms with Gasteiger partial charge in [0.2, 0.25) is 0 Å². The molecule has 0 saturated heterocycles. The van der Waals surface area contributed by atoms with Crippen molar-refractivity contribution in [1.29, 1.82) is 0 Å². The van der Waals surface area contributed by atoms with Gasteiger partial charge in [0.05, 0.1) is 25.4 Å². The molecule has 0 aromatic heterocycles. The van der Waals surface area contributed by atoms with Crippen molar-refractivity contribution in [2.24, 2.45) is 0 Å². The number of benzene rings is 1. The highest BCUT2D eigenvalue weighted by Crippen LogP contribution is 2.11. The maximum Gasteiger partial charge on any atom is 0.338 e. The summed E-state index contributed by atoms with van der Waals surface area (Å²) in [5.74, 6) is -0.317. The average Bonchev–Trinajstić information content (AvgIpc) is 2.72. The maximum absolute atomic E-state index is 12.0. The van der Waals surface area contributed by atoms with E-state index in [0.717, 1.165) is 38.1 Å². The van der Waals surface area contributed by atoms with Crippen LogP contribution in [0, 0.1) is 0 Å². The summed E-state index contributed by atoms with van der Waals surface area (Å²) in [6.07, 6.45) is 9.90. The monoisotopic (exact) mass is 393 g/mol. The summed E-state index contributed by atoms with van der Waals surface area (Å²) in [6, 6.07) is 7.38. The van der Waals surface area contributed by atoms with Crippen molar-refractivity contribution >= 4 is 11.7 Å². The first-order chi connectivity index (χ1) is 13.8. The predicted octanol–water partition coefficient (Wildman–Crippen LogP) is 5.45. The SMILES string of the molecule is CCCCCCCCOCCOCCOC(=O)c1ccc(NCCCC)cc1. The second-order valence-electron chi connectivity index (χ2n) is 6.99. The first-order valence-corrected chi connectivity index (χ1v) is 10.9. The summed E-state index contributed by atoms with van der Waals surface area (Å²) < 4.78 is 16.2. The number of rotatable bonds is 18. The smallest absolute Gasteiger partial charge is 0.338 e. The van der Waals surface area contributed by atoms with Crippen molar-refractivity contribution in [2.75, 3.05) is 44.9 Å². The second kappa shape index (κ2) is 17.5. The molecule has 0 aliphatic heterocycles. The van der Waals surface area contributed by atoms with Gasteiger partial charge in [-0.3, -0.25) is 0 Å². The normalized spacial score (nSPS) is 10.8. The van der Waals surface area contributed by atoms with Crippen LogP contribution in [0.5, 0.6) is 0 Å². The Labute approximate surface area is 171 Å². The molecule has 1 aromatic rings. The van der Waals surface area contributed by atoms with Crippen LogP contribution in [0.1, 0.15) is 75.6 Å². The minimum atomic E-state index is -0.317. The second-order valence-corrected chi connectivity index (χ2v) is 6.99. The fourth-order valence-corrected chi connectivity index (χ4v) is 2.72. The van der Waals surface area contributed by atoms with Gasteiger partial charge in [-0.05, 0) is 37.1 Å². The van der Waals surface area contributed by atoms with Crippen LogP contribution in [-0.4, -0.2) is 45.5 Å². The van der Waals surface area contributed by atoms with E-state index < -0.39 is 0 Å². The van der Waals surface area contributed by atoms with Crippen molar-refractivity contribution in [1.82, 2.24) is 0 Å². The van der Waals surface area contributed by atoms with Gasteiger partial charge in [0.25, 0.3) is 0 Å². The van der Waals surface area contributed by atoms with Gasteiger partial charge in [0.1, 0.15) is 6.61 Å². The molecule has 1 rings (SSSR count). The van der Waals surface area contributed by atoms with Gasteiger partial charge in [-0.1, -0.05) is 52.4 Å². The zero-order valence-corrected chi connectivity index (χ0v) is 17.8. The van der Waals surface area contributed by atoms with E-state index >= 15 is 0 Å². The number of ether oxygens (including phenoxy) is 3. The lowest BCUT2D eigenvalue weighted by atomic mass is 10.1. The molecule has 0 atom stereocenters. The maximum atomic E-state index is 12.0. The molecule has 0 amide bonds. The van der Waals surface area contributed by atoms with Gasteiger partial charge in [-0.25, -0.2) is 4.79 Å². The zero-order valence-electron chi connectivity index (χ0n) is 17.8. The van der Waals surface area contributed by atoms with Gasteiger partial charge in [-0.15, -0.1) is 0 Å². The first-order valence-electron chi connectivity index (χ1n) is 10.9. The molecule has 0 aliphatic rings. The van der Waals surface area contributed by atoms with Crippen molar-refractivity contribution in [3.05, 3.63) is 29.8 Å². The van der Waals surface area contributed by atoms with Crippen LogP contribution in [0.3, 0.4) is 0 Å². The number of esters is 1. The summed E-state index contributed by atoms with van der Waals surface area (Å²) in [6.45, 7) is 7.91. The van der Waals surface area contributed by atoms with Crippen LogP contribution in [0.15, 0.2) is 24.3 Å². The van der Waals surface area contributed by atoms with E-state index in [2.05, 4.69) is 19.2 Å². The van der Waals surface area contributed by atoms with Crippen LogP contribution in [0.25, 0.3) is 0 Å². The van der Waals surface area contributed by atoms with Gasteiger partial charge in [0.15, 0.2) is 0 Å². The molecule has 0 saturated carbocycles. The van der Waals surface area contributed by atoms with E-state index in [-0.39, 0.29) is 12.6 Å². The highest BCUT2D eigenvalue weighted by atomic mass is 16.6. The number of nitrogens with one attached hydrogen (secondary N) is 1. The molecule has 0 radical (unpaired) electrons.